The molecule has 0 saturated heterocycles. The molecular formula is C18H24ClFN3S2+. The topological polar surface area (TPSA) is 19.7 Å². The van der Waals surface area contributed by atoms with E-state index in [9.17, 15) is 4.39 Å². The van der Waals surface area contributed by atoms with Crippen molar-refractivity contribution in [3.05, 3.63) is 50.9 Å². The van der Waals surface area contributed by atoms with Gasteiger partial charge in [-0.15, -0.1) is 11.3 Å². The van der Waals surface area contributed by atoms with Crippen molar-refractivity contribution in [3.63, 3.8) is 0 Å². The summed E-state index contributed by atoms with van der Waals surface area (Å²) in [5.41, 5.74) is 2.01. The Balaban J connectivity index is 2.15. The Hall–Kier alpha value is -1.21. The highest BCUT2D eigenvalue weighted by Crippen LogP contribution is 2.26. The minimum absolute atomic E-state index is 0.101. The summed E-state index contributed by atoms with van der Waals surface area (Å²) < 4.78 is 13.5. The van der Waals surface area contributed by atoms with Crippen molar-refractivity contribution in [2.24, 2.45) is 0 Å². The molecule has 2 aromatic rings. The minimum Gasteiger partial charge on any atom is -0.362 e. The average molecular weight is 401 g/mol. The highest BCUT2D eigenvalue weighted by atomic mass is 35.5. The molecule has 0 amide bonds. The maximum Gasteiger partial charge on any atom is 0.173 e. The molecule has 136 valence electrons. The van der Waals surface area contributed by atoms with Crippen molar-refractivity contribution in [2.75, 3.05) is 32.1 Å². The number of anilines is 1. The monoisotopic (exact) mass is 400 g/mol. The van der Waals surface area contributed by atoms with Crippen molar-refractivity contribution in [3.8, 4) is 0 Å². The van der Waals surface area contributed by atoms with E-state index in [2.05, 4.69) is 37.8 Å². The van der Waals surface area contributed by atoms with Gasteiger partial charge in [0.25, 0.3) is 0 Å². The molecule has 0 bridgehead atoms. The molecule has 0 radical (unpaired) electrons. The van der Waals surface area contributed by atoms with Crippen LogP contribution >= 0.6 is 35.2 Å². The summed E-state index contributed by atoms with van der Waals surface area (Å²) in [6.07, 6.45) is 1.03. The third kappa shape index (κ3) is 5.92. The van der Waals surface area contributed by atoms with Gasteiger partial charge in [-0.1, -0.05) is 11.6 Å². The summed E-state index contributed by atoms with van der Waals surface area (Å²) in [6, 6.07) is 6.80. The molecule has 0 unspecified atom stereocenters. The Bertz CT molecular complexity index is 718. The van der Waals surface area contributed by atoms with E-state index in [0.29, 0.717) is 11.7 Å². The quantitative estimate of drug-likeness (QED) is 0.549. The van der Waals surface area contributed by atoms with Gasteiger partial charge in [0.05, 0.1) is 32.2 Å². The minimum atomic E-state index is -0.425. The molecule has 0 spiro atoms. The molecule has 0 aliphatic carbocycles. The molecule has 1 heterocycles. The largest absolute Gasteiger partial charge is 0.362 e. The third-order valence-electron chi connectivity index (χ3n) is 3.86. The number of hydrogen-bond donors (Lipinski definition) is 2. The number of thiophene rings is 1. The maximum absolute atomic E-state index is 13.5. The first kappa shape index (κ1) is 20.1. The molecule has 2 N–H and O–H groups in total. The Morgan fingerprint density at radius 1 is 1.36 bits per heavy atom. The van der Waals surface area contributed by atoms with Gasteiger partial charge in [-0.25, -0.2) is 4.39 Å². The second-order valence-electron chi connectivity index (χ2n) is 6.25. The zero-order valence-corrected chi connectivity index (χ0v) is 17.1. The lowest BCUT2D eigenvalue weighted by molar-refractivity contribution is -0.858. The lowest BCUT2D eigenvalue weighted by Crippen LogP contribution is -3.05. The normalized spacial score (nSPS) is 11.0. The Morgan fingerprint density at radius 2 is 2.12 bits per heavy atom. The van der Waals surface area contributed by atoms with E-state index in [0.717, 1.165) is 25.2 Å². The fraction of sp³-hybridized carbons (Fsp3) is 0.389. The summed E-state index contributed by atoms with van der Waals surface area (Å²) in [5.74, 6) is -0.425. The summed E-state index contributed by atoms with van der Waals surface area (Å²) >= 11 is 13.3. The number of nitrogens with one attached hydrogen (secondary N) is 2. The number of halogens is 2. The second-order valence-corrected chi connectivity index (χ2v) is 8.05. The first-order valence-electron chi connectivity index (χ1n) is 8.21. The standard InChI is InChI=1S/C18H23ClFN3S2/c1-13-7-10-25-17(13)12-23(14-5-6-16(20)15(19)11-14)18(24)21-8-4-9-22(2)3/h5-7,10-11H,4,8-9,12H2,1-3H3,(H,21,24)/p+1. The number of benzene rings is 1. The predicted molar refractivity (Wildman–Crippen MR) is 110 cm³/mol. The first-order valence-corrected chi connectivity index (χ1v) is 9.87. The van der Waals surface area contributed by atoms with Crippen LogP contribution < -0.4 is 15.1 Å². The van der Waals surface area contributed by atoms with Gasteiger partial charge in [0.2, 0.25) is 0 Å². The van der Waals surface area contributed by atoms with E-state index < -0.39 is 5.82 Å². The molecule has 0 fully saturated rings. The highest BCUT2D eigenvalue weighted by molar-refractivity contribution is 7.80. The smallest absolute Gasteiger partial charge is 0.173 e. The van der Waals surface area contributed by atoms with Gasteiger partial charge in [-0.2, -0.15) is 0 Å². The van der Waals surface area contributed by atoms with Gasteiger partial charge in [0.15, 0.2) is 5.11 Å². The number of thiocarbonyl (C=S) groups is 1. The molecule has 0 atom stereocenters. The van der Waals surface area contributed by atoms with E-state index in [4.69, 9.17) is 23.8 Å². The molecule has 0 aliphatic rings. The summed E-state index contributed by atoms with van der Waals surface area (Å²) in [6.45, 7) is 4.59. The third-order valence-corrected chi connectivity index (χ3v) is 5.52. The van der Waals surface area contributed by atoms with E-state index in [1.165, 1.54) is 21.4 Å². The average Bonchev–Trinajstić information content (AvgIpc) is 2.96. The van der Waals surface area contributed by atoms with Crippen LogP contribution in [0.25, 0.3) is 0 Å². The fourth-order valence-corrected chi connectivity index (χ4v) is 3.72. The fourth-order valence-electron chi connectivity index (χ4n) is 2.38. The first-order chi connectivity index (χ1) is 11.9. The van der Waals surface area contributed by atoms with E-state index in [-0.39, 0.29) is 5.02 Å². The highest BCUT2D eigenvalue weighted by Gasteiger charge is 2.16. The number of aryl methyl sites for hydroxylation is 1. The SMILES string of the molecule is Cc1ccsc1CN(C(=S)NCCC[NH+](C)C)c1ccc(F)c(Cl)c1. The van der Waals surface area contributed by atoms with Crippen LogP contribution in [0.1, 0.15) is 16.9 Å². The van der Waals surface area contributed by atoms with Crippen molar-refractivity contribution >= 4 is 46.0 Å². The lowest BCUT2D eigenvalue weighted by Gasteiger charge is -2.26. The Morgan fingerprint density at radius 3 is 2.72 bits per heavy atom. The number of nitrogens with zero attached hydrogens (tertiary/aromatic N) is 1. The number of rotatable bonds is 7. The van der Waals surface area contributed by atoms with Crippen LogP contribution in [-0.4, -0.2) is 32.3 Å². The Kier molecular flexibility index (Phi) is 7.62. The molecule has 0 aliphatic heterocycles. The predicted octanol–water partition coefficient (Wildman–Crippen LogP) is 3.26. The summed E-state index contributed by atoms with van der Waals surface area (Å²) in [4.78, 5) is 4.61. The van der Waals surface area contributed by atoms with Crippen LogP contribution in [0.5, 0.6) is 0 Å². The van der Waals surface area contributed by atoms with Crippen molar-refractivity contribution in [1.82, 2.24) is 5.32 Å². The molecule has 7 heteroatoms. The van der Waals surface area contributed by atoms with Crippen LogP contribution in [0.2, 0.25) is 5.02 Å². The van der Waals surface area contributed by atoms with Crippen LogP contribution in [0, 0.1) is 12.7 Å². The molecule has 2 rings (SSSR count). The molecule has 25 heavy (non-hydrogen) atoms. The van der Waals surface area contributed by atoms with Crippen molar-refractivity contribution in [2.45, 2.75) is 19.9 Å². The van der Waals surface area contributed by atoms with Gasteiger partial charge in [-0.3, -0.25) is 0 Å². The molecule has 1 aromatic carbocycles. The summed E-state index contributed by atoms with van der Waals surface area (Å²) in [5, 5.41) is 6.11. The zero-order chi connectivity index (χ0) is 18.4. The number of hydrogen-bond acceptors (Lipinski definition) is 2. The molecule has 3 nitrogen and oxygen atoms in total. The number of quaternary nitrogens is 1. The summed E-state index contributed by atoms with van der Waals surface area (Å²) in [7, 11) is 4.26. The zero-order valence-electron chi connectivity index (χ0n) is 14.7. The van der Waals surface area contributed by atoms with Crippen LogP contribution in [0.3, 0.4) is 0 Å². The van der Waals surface area contributed by atoms with Crippen LogP contribution in [0.15, 0.2) is 29.6 Å². The van der Waals surface area contributed by atoms with Gasteiger partial charge in [0, 0.05) is 23.5 Å². The van der Waals surface area contributed by atoms with Crippen molar-refractivity contribution < 1.29 is 9.29 Å². The Labute approximate surface area is 163 Å². The van der Waals surface area contributed by atoms with Gasteiger partial charge in [-0.05, 0) is 54.4 Å². The molecular weight excluding hydrogens is 377 g/mol. The van der Waals surface area contributed by atoms with E-state index in [1.807, 2.05) is 4.90 Å². The van der Waals surface area contributed by atoms with Gasteiger partial charge < -0.3 is 15.1 Å². The van der Waals surface area contributed by atoms with Gasteiger partial charge >= 0.3 is 0 Å². The molecule has 0 saturated carbocycles. The van der Waals surface area contributed by atoms with E-state index >= 15 is 0 Å². The second kappa shape index (κ2) is 9.48. The van der Waals surface area contributed by atoms with Crippen LogP contribution in [0.4, 0.5) is 10.1 Å². The van der Waals surface area contributed by atoms with Crippen molar-refractivity contribution in [1.29, 1.82) is 0 Å². The lowest BCUT2D eigenvalue weighted by atomic mass is 10.2. The van der Waals surface area contributed by atoms with Crippen LogP contribution in [-0.2, 0) is 6.54 Å². The maximum atomic E-state index is 13.5. The van der Waals surface area contributed by atoms with Gasteiger partial charge in [0.1, 0.15) is 5.82 Å². The van der Waals surface area contributed by atoms with E-state index in [1.54, 1.807) is 23.5 Å². The molecule has 1 aromatic heterocycles.